The second-order valence-corrected chi connectivity index (χ2v) is 4.51. The first kappa shape index (κ1) is 12.1. The Morgan fingerprint density at radius 1 is 1.41 bits per heavy atom. The van der Waals surface area contributed by atoms with Gasteiger partial charge in [-0.2, -0.15) is 15.0 Å². The Bertz CT molecular complexity index is 477. The predicted molar refractivity (Wildman–Crippen MR) is 67.9 cm³/mol. The van der Waals surface area contributed by atoms with Crippen molar-refractivity contribution >= 4 is 28.9 Å². The normalized spacial score (nSPS) is 10.2. The molecule has 0 atom stereocenters. The molecule has 0 radical (unpaired) electrons. The fourth-order valence-electron chi connectivity index (χ4n) is 1.21. The van der Waals surface area contributed by atoms with E-state index in [-0.39, 0.29) is 11.3 Å². The fraction of sp³-hybridized carbons (Fsp3) is 0.300. The Balaban J connectivity index is 1.92. The number of aromatic nitrogens is 3. The fourth-order valence-corrected chi connectivity index (χ4v) is 2.05. The molecule has 2 heterocycles. The van der Waals surface area contributed by atoms with Crippen LogP contribution >= 0.6 is 22.9 Å². The van der Waals surface area contributed by atoms with Crippen molar-refractivity contribution in [1.82, 2.24) is 15.0 Å². The lowest BCUT2D eigenvalue weighted by atomic mass is 10.4. The van der Waals surface area contributed by atoms with E-state index in [0.29, 0.717) is 12.6 Å². The summed E-state index contributed by atoms with van der Waals surface area (Å²) in [4.78, 5) is 13.0. The summed E-state index contributed by atoms with van der Waals surface area (Å²) < 4.78 is 5.42. The minimum absolute atomic E-state index is 0.121. The molecule has 1 N–H and O–H groups in total. The molecule has 2 aromatic heterocycles. The number of nitrogens with one attached hydrogen (secondary N) is 1. The zero-order valence-electron chi connectivity index (χ0n) is 9.18. The highest BCUT2D eigenvalue weighted by atomic mass is 35.5. The van der Waals surface area contributed by atoms with Crippen molar-refractivity contribution in [1.29, 1.82) is 0 Å². The molecule has 0 saturated heterocycles. The maximum absolute atomic E-state index is 5.73. The molecule has 2 aromatic rings. The summed E-state index contributed by atoms with van der Waals surface area (Å²) in [5.74, 6) is 0.399. The number of hydrogen-bond donors (Lipinski definition) is 1. The number of hydrogen-bond acceptors (Lipinski definition) is 6. The Labute approximate surface area is 108 Å². The third-order valence-electron chi connectivity index (χ3n) is 1.97. The van der Waals surface area contributed by atoms with Crippen LogP contribution in [0.1, 0.15) is 4.88 Å². The molecule has 0 amide bonds. The van der Waals surface area contributed by atoms with Crippen molar-refractivity contribution in [2.45, 2.75) is 6.42 Å². The van der Waals surface area contributed by atoms with E-state index in [4.69, 9.17) is 16.3 Å². The minimum atomic E-state index is 0.121. The molecule has 0 saturated carbocycles. The Morgan fingerprint density at radius 3 is 3.00 bits per heavy atom. The third kappa shape index (κ3) is 3.54. The lowest BCUT2D eigenvalue weighted by Crippen LogP contribution is -2.06. The highest BCUT2D eigenvalue weighted by molar-refractivity contribution is 7.09. The van der Waals surface area contributed by atoms with Gasteiger partial charge < -0.3 is 10.1 Å². The quantitative estimate of drug-likeness (QED) is 0.903. The highest BCUT2D eigenvalue weighted by Gasteiger charge is 2.04. The van der Waals surface area contributed by atoms with Gasteiger partial charge in [-0.25, -0.2) is 0 Å². The first-order chi connectivity index (χ1) is 8.28. The summed E-state index contributed by atoms with van der Waals surface area (Å²) in [5, 5.41) is 4.94. The number of anilines is 1. The second kappa shape index (κ2) is 5.79. The molecule has 0 aliphatic heterocycles. The zero-order chi connectivity index (χ0) is 12.1. The van der Waals surface area contributed by atoms with Gasteiger partial charge in [0.25, 0.3) is 0 Å². The molecule has 0 aromatic carbocycles. The van der Waals surface area contributed by atoms with Gasteiger partial charge >= 0.3 is 6.01 Å². The van der Waals surface area contributed by atoms with E-state index >= 15 is 0 Å². The molecule has 5 nitrogen and oxygen atoms in total. The Hall–Kier alpha value is -1.40. The van der Waals surface area contributed by atoms with Gasteiger partial charge in [-0.3, -0.25) is 0 Å². The SMILES string of the molecule is CNc1nc(Cl)nc(OCCc2cccs2)n1. The van der Waals surface area contributed by atoms with Crippen LogP contribution in [-0.4, -0.2) is 28.6 Å². The second-order valence-electron chi connectivity index (χ2n) is 3.14. The molecule has 0 bridgehead atoms. The van der Waals surface area contributed by atoms with Crippen LogP contribution in [0.5, 0.6) is 6.01 Å². The standard InChI is InChI=1S/C10H11ClN4OS/c1-12-9-13-8(11)14-10(15-9)16-5-4-7-3-2-6-17-7/h2-3,6H,4-5H2,1H3,(H,12,13,14,15). The summed E-state index contributed by atoms with van der Waals surface area (Å²) in [6, 6.07) is 4.32. The van der Waals surface area contributed by atoms with Crippen LogP contribution in [0, 0.1) is 0 Å². The van der Waals surface area contributed by atoms with Crippen molar-refractivity contribution in [2.24, 2.45) is 0 Å². The van der Waals surface area contributed by atoms with E-state index in [1.165, 1.54) is 4.88 Å². The summed E-state index contributed by atoms with van der Waals surface area (Å²) in [7, 11) is 1.71. The average Bonchev–Trinajstić information content (AvgIpc) is 2.81. The van der Waals surface area contributed by atoms with E-state index in [1.54, 1.807) is 18.4 Å². The summed E-state index contributed by atoms with van der Waals surface area (Å²) in [6.45, 7) is 0.518. The predicted octanol–water partition coefficient (Wildman–Crippen LogP) is 2.25. The van der Waals surface area contributed by atoms with Crippen molar-refractivity contribution in [2.75, 3.05) is 19.0 Å². The van der Waals surface area contributed by atoms with Crippen LogP contribution in [0.2, 0.25) is 5.28 Å². The van der Waals surface area contributed by atoms with Gasteiger partial charge in [0.15, 0.2) is 0 Å². The van der Waals surface area contributed by atoms with Gasteiger partial charge in [-0.1, -0.05) is 6.07 Å². The third-order valence-corrected chi connectivity index (χ3v) is 3.08. The van der Waals surface area contributed by atoms with Gasteiger partial charge in [-0.15, -0.1) is 11.3 Å². The van der Waals surface area contributed by atoms with Crippen molar-refractivity contribution in [3.8, 4) is 6.01 Å². The van der Waals surface area contributed by atoms with Crippen LogP contribution in [0.15, 0.2) is 17.5 Å². The average molecular weight is 271 g/mol. The van der Waals surface area contributed by atoms with Crippen molar-refractivity contribution in [3.63, 3.8) is 0 Å². The molecule has 90 valence electrons. The molecule has 0 spiro atoms. The molecular weight excluding hydrogens is 260 g/mol. The molecule has 0 aliphatic carbocycles. The number of halogens is 1. The van der Waals surface area contributed by atoms with Gasteiger partial charge in [0.1, 0.15) is 0 Å². The molecule has 17 heavy (non-hydrogen) atoms. The van der Waals surface area contributed by atoms with Gasteiger partial charge in [0.2, 0.25) is 11.2 Å². The van der Waals surface area contributed by atoms with Crippen molar-refractivity contribution < 1.29 is 4.74 Å². The van der Waals surface area contributed by atoms with Crippen LogP contribution in [0.25, 0.3) is 0 Å². The minimum Gasteiger partial charge on any atom is -0.463 e. The first-order valence-electron chi connectivity index (χ1n) is 5.02. The summed E-state index contributed by atoms with van der Waals surface area (Å²) >= 11 is 7.42. The molecule has 0 aliphatic rings. The lowest BCUT2D eigenvalue weighted by molar-refractivity contribution is 0.296. The van der Waals surface area contributed by atoms with E-state index in [0.717, 1.165) is 6.42 Å². The van der Waals surface area contributed by atoms with E-state index < -0.39 is 0 Å². The molecule has 2 rings (SSSR count). The van der Waals surface area contributed by atoms with Gasteiger partial charge in [0.05, 0.1) is 6.61 Å². The maximum Gasteiger partial charge on any atom is 0.322 e. The summed E-state index contributed by atoms with van der Waals surface area (Å²) in [6.07, 6.45) is 0.829. The number of rotatable bonds is 5. The zero-order valence-corrected chi connectivity index (χ0v) is 10.8. The lowest BCUT2D eigenvalue weighted by Gasteiger charge is -2.04. The topological polar surface area (TPSA) is 59.9 Å². The van der Waals surface area contributed by atoms with E-state index in [1.807, 2.05) is 11.4 Å². The van der Waals surface area contributed by atoms with E-state index in [9.17, 15) is 0 Å². The van der Waals surface area contributed by atoms with Gasteiger partial charge in [-0.05, 0) is 23.0 Å². The first-order valence-corrected chi connectivity index (χ1v) is 6.28. The van der Waals surface area contributed by atoms with Crippen LogP contribution < -0.4 is 10.1 Å². The monoisotopic (exact) mass is 270 g/mol. The number of thiophene rings is 1. The number of ether oxygens (including phenoxy) is 1. The maximum atomic E-state index is 5.73. The molecule has 7 heteroatoms. The van der Waals surface area contributed by atoms with Crippen LogP contribution in [0.3, 0.4) is 0 Å². The number of nitrogens with zero attached hydrogens (tertiary/aromatic N) is 3. The largest absolute Gasteiger partial charge is 0.463 e. The smallest absolute Gasteiger partial charge is 0.322 e. The highest BCUT2D eigenvalue weighted by Crippen LogP contribution is 2.12. The molecular formula is C10H11ClN4OS. The Kier molecular flexibility index (Phi) is 4.11. The summed E-state index contributed by atoms with van der Waals surface area (Å²) in [5.41, 5.74) is 0. The Morgan fingerprint density at radius 2 is 2.29 bits per heavy atom. The van der Waals surface area contributed by atoms with Crippen molar-refractivity contribution in [3.05, 3.63) is 27.7 Å². The molecule has 0 fully saturated rings. The van der Waals surface area contributed by atoms with Crippen LogP contribution in [0.4, 0.5) is 5.95 Å². The molecule has 0 unspecified atom stereocenters. The van der Waals surface area contributed by atoms with Gasteiger partial charge in [0, 0.05) is 18.3 Å². The van der Waals surface area contributed by atoms with E-state index in [2.05, 4.69) is 26.3 Å². The van der Waals surface area contributed by atoms with Crippen LogP contribution in [-0.2, 0) is 6.42 Å².